The number of carboxylic acid groups (broad SMARTS) is 1. The zero-order valence-electron chi connectivity index (χ0n) is 35.0. The van der Waals surface area contributed by atoms with Crippen molar-refractivity contribution in [1.82, 2.24) is 31.9 Å². The Kier molecular flexibility index (Phi) is 32.5. The summed E-state index contributed by atoms with van der Waals surface area (Å²) in [5.74, 6) is -5.10. The Hall–Kier alpha value is -3.99. The second-order valence-corrected chi connectivity index (χ2v) is 14.7. The molecule has 59 heavy (non-hydrogen) atoms. The lowest BCUT2D eigenvalue weighted by molar-refractivity contribution is -0.138. The van der Waals surface area contributed by atoms with E-state index in [1.165, 1.54) is 0 Å². The summed E-state index contributed by atoms with van der Waals surface area (Å²) in [6, 6.07) is -6.39. The summed E-state index contributed by atoms with van der Waals surface area (Å²) in [6.45, 7) is 1.54. The van der Waals surface area contributed by atoms with Crippen molar-refractivity contribution in [2.75, 3.05) is 45.8 Å². The Morgan fingerprint density at radius 3 is 0.847 bits per heavy atom. The van der Waals surface area contributed by atoms with Gasteiger partial charge in [-0.1, -0.05) is 6.42 Å². The molecule has 0 heterocycles. The Morgan fingerprint density at radius 1 is 0.356 bits per heavy atom. The summed E-state index contributed by atoms with van der Waals surface area (Å²) in [7, 11) is 0. The molecule has 0 bridgehead atoms. The highest BCUT2D eigenvalue weighted by Gasteiger charge is 2.32. The third kappa shape index (κ3) is 26.0. The van der Waals surface area contributed by atoms with Crippen LogP contribution in [0.25, 0.3) is 0 Å². The van der Waals surface area contributed by atoms with Gasteiger partial charge in [0.2, 0.25) is 35.4 Å². The monoisotopic (exact) mass is 844 g/mol. The third-order valence-electron chi connectivity index (χ3n) is 9.62. The van der Waals surface area contributed by atoms with Crippen LogP contribution in [0.1, 0.15) is 116 Å². The molecule has 21 nitrogen and oxygen atoms in total. The van der Waals surface area contributed by atoms with Gasteiger partial charge >= 0.3 is 5.97 Å². The van der Waals surface area contributed by atoms with E-state index in [4.69, 9.17) is 45.2 Å². The number of hydrogen-bond donors (Lipinski definition) is 14. The summed E-state index contributed by atoms with van der Waals surface area (Å²) in [5.41, 5.74) is 40.1. The van der Waals surface area contributed by atoms with Crippen LogP contribution < -0.4 is 72.0 Å². The van der Waals surface area contributed by atoms with Gasteiger partial charge in [0.1, 0.15) is 36.8 Å². The van der Waals surface area contributed by atoms with Crippen molar-refractivity contribution in [1.29, 1.82) is 0 Å². The fourth-order valence-corrected chi connectivity index (χ4v) is 6.10. The van der Waals surface area contributed by atoms with Crippen molar-refractivity contribution in [3.05, 3.63) is 0 Å². The van der Waals surface area contributed by atoms with Crippen LogP contribution in [0, 0.1) is 0 Å². The second kappa shape index (κ2) is 34.8. The van der Waals surface area contributed by atoms with Crippen LogP contribution in [0.15, 0.2) is 0 Å². The predicted molar refractivity (Wildman–Crippen MR) is 226 cm³/mol. The molecule has 21 N–H and O–H groups in total. The van der Waals surface area contributed by atoms with Crippen LogP contribution in [0.4, 0.5) is 0 Å². The first kappa shape index (κ1) is 55.0. The maximum atomic E-state index is 14.0. The van der Waals surface area contributed by atoms with Crippen molar-refractivity contribution in [2.45, 2.75) is 152 Å². The second-order valence-electron chi connectivity index (χ2n) is 14.7. The highest BCUT2D eigenvalue weighted by atomic mass is 16.4. The summed E-state index contributed by atoms with van der Waals surface area (Å²) in [5, 5.41) is 25.0. The first-order valence-electron chi connectivity index (χ1n) is 21.3. The molecule has 0 aromatic heterocycles. The standard InChI is InChI=1S/C38H77N13O8/c39-19-7-1-13-26(45)33(54)47-28(15-3-9-21-41)35(56)49-30(17-5-11-23-43)37(58)51-31(18-6-12-24-44)38(59)50-29(16-4-10-22-42)36(57)48-27(14-2-8-20-40)34(55)46-25-32(52)53/h26-31H,1-25,39-45H2,(H,46,55)(H,47,54)(H,48,57)(H,49,56)(H,50,59)(H,51,58)(H,52,53)/t26-,27+,28+,29-,30+,31+/m1/s1. The Labute approximate surface area is 349 Å². The van der Waals surface area contributed by atoms with Crippen molar-refractivity contribution in [3.63, 3.8) is 0 Å². The van der Waals surface area contributed by atoms with E-state index in [0.717, 1.165) is 0 Å². The van der Waals surface area contributed by atoms with Crippen LogP contribution in [-0.4, -0.2) is 129 Å². The summed E-state index contributed by atoms with van der Waals surface area (Å²) >= 11 is 0. The fourth-order valence-electron chi connectivity index (χ4n) is 6.10. The SMILES string of the molecule is NCCCC[C@@H](N)C(=O)N[C@@H](CCCCN)C(=O)N[C@@H](CCCCN)C(=O)N[C@@H](CCCCN)C(=O)N[C@H](CCCCN)C(=O)N[C@@H](CCCCN)C(=O)NCC(=O)O. The van der Waals surface area contributed by atoms with E-state index in [9.17, 15) is 33.6 Å². The first-order valence-corrected chi connectivity index (χ1v) is 21.3. The van der Waals surface area contributed by atoms with Crippen molar-refractivity contribution in [2.24, 2.45) is 40.1 Å². The lowest BCUT2D eigenvalue weighted by Gasteiger charge is -2.27. The largest absolute Gasteiger partial charge is 0.480 e. The fraction of sp³-hybridized carbons (Fsp3) is 0.816. The number of carbonyl (C=O) groups excluding carboxylic acids is 6. The molecule has 342 valence electrons. The van der Waals surface area contributed by atoms with Crippen molar-refractivity contribution < 1.29 is 38.7 Å². The van der Waals surface area contributed by atoms with E-state index in [-0.39, 0.29) is 32.1 Å². The molecule has 21 heteroatoms. The van der Waals surface area contributed by atoms with Gasteiger partial charge in [0.15, 0.2) is 0 Å². The van der Waals surface area contributed by atoms with Crippen molar-refractivity contribution >= 4 is 41.4 Å². The van der Waals surface area contributed by atoms with Crippen molar-refractivity contribution in [3.8, 4) is 0 Å². The Bertz CT molecular complexity index is 1230. The Balaban J connectivity index is 6.36. The smallest absolute Gasteiger partial charge is 0.322 e. The minimum Gasteiger partial charge on any atom is -0.480 e. The molecule has 0 rings (SSSR count). The molecular weight excluding hydrogens is 767 g/mol. The number of amides is 6. The minimum atomic E-state index is -1.26. The van der Waals surface area contributed by atoms with E-state index in [1.54, 1.807) is 0 Å². The topological polar surface area (TPSA) is 394 Å². The molecule has 0 radical (unpaired) electrons. The third-order valence-corrected chi connectivity index (χ3v) is 9.62. The molecule has 6 atom stereocenters. The molecule has 0 aromatic carbocycles. The molecule has 0 spiro atoms. The van der Waals surface area contributed by atoms with Crippen LogP contribution >= 0.6 is 0 Å². The average molecular weight is 844 g/mol. The molecule has 0 unspecified atom stereocenters. The van der Waals surface area contributed by atoms with E-state index in [0.29, 0.717) is 123 Å². The summed E-state index contributed by atoms with van der Waals surface area (Å²) < 4.78 is 0. The molecule has 0 saturated heterocycles. The number of carboxylic acids is 1. The highest BCUT2D eigenvalue weighted by molar-refractivity contribution is 5.96. The van der Waals surface area contributed by atoms with E-state index >= 15 is 0 Å². The van der Waals surface area contributed by atoms with Gasteiger partial charge in [0.05, 0.1) is 6.04 Å². The van der Waals surface area contributed by atoms with Gasteiger partial charge in [0.25, 0.3) is 0 Å². The normalized spacial score (nSPS) is 14.2. The highest BCUT2D eigenvalue weighted by Crippen LogP contribution is 2.11. The summed E-state index contributed by atoms with van der Waals surface area (Å²) in [4.78, 5) is 92.3. The van der Waals surface area contributed by atoms with E-state index in [2.05, 4.69) is 31.9 Å². The molecule has 0 aliphatic heterocycles. The maximum absolute atomic E-state index is 14.0. The number of unbranched alkanes of at least 4 members (excludes halogenated alkanes) is 6. The minimum absolute atomic E-state index is 0.147. The maximum Gasteiger partial charge on any atom is 0.322 e. The van der Waals surface area contributed by atoms with Crippen LogP contribution in [0.2, 0.25) is 0 Å². The number of rotatable bonds is 37. The number of hydrogen-bond acceptors (Lipinski definition) is 14. The lowest BCUT2D eigenvalue weighted by atomic mass is 10.0. The number of nitrogens with two attached hydrogens (primary N) is 7. The van der Waals surface area contributed by atoms with Gasteiger partial charge in [-0.2, -0.15) is 0 Å². The van der Waals surface area contributed by atoms with Crippen LogP contribution in [0.3, 0.4) is 0 Å². The van der Waals surface area contributed by atoms with E-state index in [1.807, 2.05) is 0 Å². The van der Waals surface area contributed by atoms with Crippen LogP contribution in [-0.2, 0) is 33.6 Å². The van der Waals surface area contributed by atoms with Gasteiger partial charge < -0.3 is 77.1 Å². The van der Waals surface area contributed by atoms with E-state index < -0.39 is 84.2 Å². The van der Waals surface area contributed by atoms with Gasteiger partial charge in [-0.15, -0.1) is 0 Å². The molecule has 6 amide bonds. The molecule has 0 aliphatic carbocycles. The summed E-state index contributed by atoms with van der Waals surface area (Å²) in [6.07, 6.45) is 7.71. The molecule has 0 aliphatic rings. The Morgan fingerprint density at radius 2 is 0.593 bits per heavy atom. The quantitative estimate of drug-likeness (QED) is 0.0273. The zero-order chi connectivity index (χ0) is 44.4. The number of aliphatic carboxylic acids is 1. The first-order chi connectivity index (χ1) is 28.3. The number of nitrogens with one attached hydrogen (secondary N) is 6. The predicted octanol–water partition coefficient (Wildman–Crippen LogP) is -3.29. The molecule has 0 aromatic rings. The lowest BCUT2D eigenvalue weighted by Crippen LogP contribution is -2.59. The van der Waals surface area contributed by atoms with Gasteiger partial charge in [-0.3, -0.25) is 33.6 Å². The zero-order valence-corrected chi connectivity index (χ0v) is 35.0. The molecular formula is C38H77N13O8. The number of carbonyl (C=O) groups is 7. The molecule has 0 fully saturated rings. The van der Waals surface area contributed by atoms with Crippen LogP contribution in [0.5, 0.6) is 0 Å². The van der Waals surface area contributed by atoms with Gasteiger partial charge in [-0.05, 0) is 148 Å². The van der Waals surface area contributed by atoms with Gasteiger partial charge in [-0.25, -0.2) is 0 Å². The van der Waals surface area contributed by atoms with Gasteiger partial charge in [0, 0.05) is 0 Å². The molecule has 0 saturated carbocycles. The average Bonchev–Trinajstić information content (AvgIpc) is 3.20.